The van der Waals surface area contributed by atoms with Crippen LogP contribution >= 0.6 is 0 Å². The van der Waals surface area contributed by atoms with E-state index in [0.29, 0.717) is 6.73 Å². The molecule has 0 fully saturated rings. The lowest BCUT2D eigenvalue weighted by molar-refractivity contribution is -0.732. The van der Waals surface area contributed by atoms with Gasteiger partial charge in [0.05, 0.1) is 6.61 Å². The third kappa shape index (κ3) is 6.42. The monoisotopic (exact) mass is 236 g/mol. The van der Waals surface area contributed by atoms with Crippen LogP contribution in [0.15, 0.2) is 24.5 Å². The van der Waals surface area contributed by atoms with E-state index in [2.05, 4.69) is 42.9 Å². The highest BCUT2D eigenvalue weighted by molar-refractivity contribution is 5.06. The van der Waals surface area contributed by atoms with E-state index in [1.165, 1.54) is 37.7 Å². The van der Waals surface area contributed by atoms with Crippen LogP contribution in [-0.2, 0) is 17.9 Å². The smallest absolute Gasteiger partial charge is 0.252 e. The number of ether oxygens (including phenoxy) is 1. The first-order chi connectivity index (χ1) is 8.36. The van der Waals surface area contributed by atoms with Gasteiger partial charge in [-0.3, -0.25) is 0 Å². The molecule has 0 saturated heterocycles. The van der Waals surface area contributed by atoms with Crippen molar-refractivity contribution >= 4 is 0 Å². The lowest BCUT2D eigenvalue weighted by Gasteiger charge is -2.01. The molecule has 0 saturated carbocycles. The summed E-state index contributed by atoms with van der Waals surface area (Å²) in [5.41, 5.74) is 1.38. The van der Waals surface area contributed by atoms with E-state index in [0.717, 1.165) is 13.0 Å². The second-order valence-corrected chi connectivity index (χ2v) is 4.53. The summed E-state index contributed by atoms with van der Waals surface area (Å²) < 4.78 is 7.72. The molecule has 1 aromatic heterocycles. The molecule has 0 aliphatic heterocycles. The Bertz CT molecular complexity index is 281. The van der Waals surface area contributed by atoms with Crippen LogP contribution in [0.2, 0.25) is 0 Å². The predicted molar refractivity (Wildman–Crippen MR) is 70.7 cm³/mol. The van der Waals surface area contributed by atoms with Crippen molar-refractivity contribution in [1.29, 1.82) is 0 Å². The van der Waals surface area contributed by atoms with Gasteiger partial charge in [-0.1, -0.05) is 39.5 Å². The van der Waals surface area contributed by atoms with Crippen molar-refractivity contribution in [2.75, 3.05) is 6.61 Å². The molecule has 1 heterocycles. The minimum Gasteiger partial charge on any atom is -0.323 e. The average Bonchev–Trinajstić information content (AvgIpc) is 2.38. The highest BCUT2D eigenvalue weighted by Gasteiger charge is 1.99. The Morgan fingerprint density at radius 2 is 1.71 bits per heavy atom. The number of rotatable bonds is 9. The van der Waals surface area contributed by atoms with Gasteiger partial charge in [0.15, 0.2) is 12.4 Å². The van der Waals surface area contributed by atoms with Crippen molar-refractivity contribution in [3.05, 3.63) is 30.1 Å². The molecule has 0 radical (unpaired) electrons. The SMILES string of the molecule is CCCCCCCOC[n+]1ccc(CC)cc1. The molecule has 0 atom stereocenters. The third-order valence-corrected chi connectivity index (χ3v) is 3.00. The summed E-state index contributed by atoms with van der Waals surface area (Å²) in [6.07, 6.45) is 11.8. The van der Waals surface area contributed by atoms with Gasteiger partial charge in [-0.25, -0.2) is 0 Å². The van der Waals surface area contributed by atoms with Gasteiger partial charge in [0.1, 0.15) is 0 Å². The van der Waals surface area contributed by atoms with Gasteiger partial charge in [0, 0.05) is 12.1 Å². The summed E-state index contributed by atoms with van der Waals surface area (Å²) in [4.78, 5) is 0. The average molecular weight is 236 g/mol. The van der Waals surface area contributed by atoms with Crippen LogP contribution in [0.4, 0.5) is 0 Å². The van der Waals surface area contributed by atoms with Gasteiger partial charge in [-0.15, -0.1) is 0 Å². The van der Waals surface area contributed by atoms with Crippen LogP contribution in [0.25, 0.3) is 0 Å². The third-order valence-electron chi connectivity index (χ3n) is 3.00. The fourth-order valence-electron chi connectivity index (χ4n) is 1.79. The molecule has 1 rings (SSSR count). The van der Waals surface area contributed by atoms with Crippen LogP contribution in [0.3, 0.4) is 0 Å². The van der Waals surface area contributed by atoms with Crippen LogP contribution in [-0.4, -0.2) is 6.61 Å². The first-order valence-corrected chi connectivity index (χ1v) is 6.92. The summed E-state index contributed by atoms with van der Waals surface area (Å²) in [6.45, 7) is 5.98. The summed E-state index contributed by atoms with van der Waals surface area (Å²) >= 11 is 0. The molecule has 0 bridgehead atoms. The van der Waals surface area contributed by atoms with E-state index in [9.17, 15) is 0 Å². The predicted octanol–water partition coefficient (Wildman–Crippen LogP) is 3.48. The van der Waals surface area contributed by atoms with Gasteiger partial charge < -0.3 is 4.74 Å². The maximum atomic E-state index is 5.64. The zero-order valence-electron chi connectivity index (χ0n) is 11.3. The highest BCUT2D eigenvalue weighted by Crippen LogP contribution is 2.02. The highest BCUT2D eigenvalue weighted by atomic mass is 16.5. The Labute approximate surface area is 106 Å². The Morgan fingerprint density at radius 3 is 2.35 bits per heavy atom. The van der Waals surface area contributed by atoms with Crippen molar-refractivity contribution in [1.82, 2.24) is 0 Å². The minimum atomic E-state index is 0.678. The summed E-state index contributed by atoms with van der Waals surface area (Å²) in [5, 5.41) is 0. The molecule has 1 aromatic rings. The van der Waals surface area contributed by atoms with Crippen molar-refractivity contribution < 1.29 is 9.30 Å². The number of aromatic nitrogens is 1. The van der Waals surface area contributed by atoms with Crippen LogP contribution in [0, 0.1) is 0 Å². The number of unbranched alkanes of at least 4 members (excludes halogenated alkanes) is 4. The molecule has 0 amide bonds. The quantitative estimate of drug-likeness (QED) is 0.472. The van der Waals surface area contributed by atoms with Crippen molar-refractivity contribution in [2.24, 2.45) is 0 Å². The zero-order chi connectivity index (χ0) is 12.3. The summed E-state index contributed by atoms with van der Waals surface area (Å²) in [5.74, 6) is 0. The van der Waals surface area contributed by atoms with Crippen molar-refractivity contribution in [3.8, 4) is 0 Å². The first kappa shape index (κ1) is 14.2. The van der Waals surface area contributed by atoms with Gasteiger partial charge in [-0.2, -0.15) is 4.57 Å². The topological polar surface area (TPSA) is 13.1 Å². The maximum Gasteiger partial charge on any atom is 0.252 e. The fourth-order valence-corrected chi connectivity index (χ4v) is 1.79. The molecule has 0 spiro atoms. The molecule has 0 unspecified atom stereocenters. The molecular weight excluding hydrogens is 210 g/mol. The molecule has 96 valence electrons. The molecule has 2 nitrogen and oxygen atoms in total. The second-order valence-electron chi connectivity index (χ2n) is 4.53. The van der Waals surface area contributed by atoms with Crippen molar-refractivity contribution in [2.45, 2.75) is 59.1 Å². The lowest BCUT2D eigenvalue weighted by Crippen LogP contribution is -2.34. The number of hydrogen-bond donors (Lipinski definition) is 0. The van der Waals surface area contributed by atoms with E-state index >= 15 is 0 Å². The van der Waals surface area contributed by atoms with Crippen LogP contribution in [0.1, 0.15) is 51.5 Å². The molecule has 17 heavy (non-hydrogen) atoms. The van der Waals surface area contributed by atoms with Gasteiger partial charge >= 0.3 is 0 Å². The fraction of sp³-hybridized carbons (Fsp3) is 0.667. The second kappa shape index (κ2) is 9.17. The Kier molecular flexibility index (Phi) is 7.65. The Hall–Kier alpha value is -0.890. The van der Waals surface area contributed by atoms with E-state index in [-0.39, 0.29) is 0 Å². The van der Waals surface area contributed by atoms with E-state index < -0.39 is 0 Å². The standard InChI is InChI=1S/C15H26NO/c1-3-5-6-7-8-13-17-14-16-11-9-15(4-2)10-12-16/h9-12H,3-8,13-14H2,1-2H3/q+1. The van der Waals surface area contributed by atoms with Gasteiger partial charge in [0.25, 0.3) is 6.73 Å². The molecule has 0 N–H and O–H groups in total. The summed E-state index contributed by atoms with van der Waals surface area (Å²) in [6, 6.07) is 4.31. The van der Waals surface area contributed by atoms with E-state index in [1.54, 1.807) is 0 Å². The van der Waals surface area contributed by atoms with Crippen LogP contribution < -0.4 is 4.57 Å². The number of aryl methyl sites for hydroxylation is 1. The number of nitrogens with zero attached hydrogens (tertiary/aromatic N) is 1. The molecular formula is C15H26NO+. The van der Waals surface area contributed by atoms with E-state index in [1.807, 2.05) is 0 Å². The normalized spacial score (nSPS) is 10.7. The first-order valence-electron chi connectivity index (χ1n) is 6.92. The Morgan fingerprint density at radius 1 is 1.00 bits per heavy atom. The molecule has 0 aromatic carbocycles. The van der Waals surface area contributed by atoms with Crippen molar-refractivity contribution in [3.63, 3.8) is 0 Å². The molecule has 0 aliphatic carbocycles. The van der Waals surface area contributed by atoms with Gasteiger partial charge in [0.2, 0.25) is 0 Å². The Balaban J connectivity index is 2.05. The summed E-state index contributed by atoms with van der Waals surface area (Å²) in [7, 11) is 0. The lowest BCUT2D eigenvalue weighted by atomic mass is 10.2. The van der Waals surface area contributed by atoms with E-state index in [4.69, 9.17) is 4.74 Å². The molecule has 2 heteroatoms. The number of hydrogen-bond acceptors (Lipinski definition) is 1. The molecule has 0 aliphatic rings. The van der Waals surface area contributed by atoms with Gasteiger partial charge in [-0.05, 0) is 18.4 Å². The number of pyridine rings is 1. The maximum absolute atomic E-state index is 5.64. The largest absolute Gasteiger partial charge is 0.323 e. The van der Waals surface area contributed by atoms with Crippen LogP contribution in [0.5, 0.6) is 0 Å². The zero-order valence-corrected chi connectivity index (χ0v) is 11.3. The minimum absolute atomic E-state index is 0.678.